The molecule has 2 aromatic rings. The number of nitrogens with zero attached hydrogens (tertiary/aromatic N) is 1. The van der Waals surface area contributed by atoms with Gasteiger partial charge in [-0.25, -0.2) is 4.79 Å². The summed E-state index contributed by atoms with van der Waals surface area (Å²) in [6.07, 6.45) is 2.22. The summed E-state index contributed by atoms with van der Waals surface area (Å²) in [6, 6.07) is 10.7. The van der Waals surface area contributed by atoms with E-state index in [0.717, 1.165) is 5.56 Å². The summed E-state index contributed by atoms with van der Waals surface area (Å²) in [5.41, 5.74) is 7.97. The third-order valence-corrected chi connectivity index (χ3v) is 3.88. The minimum atomic E-state index is -0.597. The maximum Gasteiger partial charge on any atom is 0.354 e. The number of anilines is 1. The molecule has 1 aromatic heterocycles. The second-order valence-corrected chi connectivity index (χ2v) is 6.41. The van der Waals surface area contributed by atoms with Gasteiger partial charge < -0.3 is 20.4 Å². The molecule has 1 amide bonds. The Labute approximate surface area is 148 Å². The predicted octanol–water partition coefficient (Wildman–Crippen LogP) is 2.71. The average molecular weight is 343 g/mol. The fraction of sp³-hybridized carbons (Fsp3) is 0.368. The Balaban J connectivity index is 2.29. The summed E-state index contributed by atoms with van der Waals surface area (Å²) < 4.78 is 4.71. The number of carbonyl (C=O) groups excluding carboxylic acids is 2. The molecule has 6 nitrogen and oxygen atoms in total. The fourth-order valence-electron chi connectivity index (χ4n) is 2.64. The van der Waals surface area contributed by atoms with E-state index >= 15 is 0 Å². The van der Waals surface area contributed by atoms with Crippen molar-refractivity contribution >= 4 is 17.6 Å². The van der Waals surface area contributed by atoms with Crippen molar-refractivity contribution in [2.24, 2.45) is 11.7 Å². The van der Waals surface area contributed by atoms with Crippen LogP contribution in [0.1, 0.15) is 36.3 Å². The number of H-pyrrole nitrogens is 1. The number of rotatable bonds is 7. The third kappa shape index (κ3) is 4.93. The van der Waals surface area contributed by atoms with Crippen LogP contribution in [0.15, 0.2) is 42.6 Å². The van der Waals surface area contributed by atoms with E-state index in [1.165, 1.54) is 7.11 Å². The number of hydrogen-bond acceptors (Lipinski definition) is 4. The van der Waals surface area contributed by atoms with Crippen LogP contribution in [0.2, 0.25) is 0 Å². The summed E-state index contributed by atoms with van der Waals surface area (Å²) in [6.45, 7) is 4.44. The molecule has 0 fully saturated rings. The van der Waals surface area contributed by atoms with Gasteiger partial charge in [-0.1, -0.05) is 44.2 Å². The van der Waals surface area contributed by atoms with Gasteiger partial charge in [0.05, 0.1) is 25.4 Å². The summed E-state index contributed by atoms with van der Waals surface area (Å²) in [7, 11) is 1.31. The molecule has 25 heavy (non-hydrogen) atoms. The Morgan fingerprint density at radius 1 is 1.24 bits per heavy atom. The summed E-state index contributed by atoms with van der Waals surface area (Å²) in [4.78, 5) is 29.0. The van der Waals surface area contributed by atoms with Gasteiger partial charge in [0.2, 0.25) is 5.91 Å². The molecule has 1 heterocycles. The van der Waals surface area contributed by atoms with Crippen molar-refractivity contribution in [2.45, 2.75) is 32.9 Å². The lowest BCUT2D eigenvalue weighted by atomic mass is 10.0. The van der Waals surface area contributed by atoms with E-state index in [-0.39, 0.29) is 5.91 Å². The molecular weight excluding hydrogens is 318 g/mol. The van der Waals surface area contributed by atoms with E-state index < -0.39 is 12.0 Å². The van der Waals surface area contributed by atoms with Crippen molar-refractivity contribution in [2.75, 3.05) is 12.0 Å². The van der Waals surface area contributed by atoms with Crippen molar-refractivity contribution in [3.63, 3.8) is 0 Å². The maximum atomic E-state index is 12.9. The van der Waals surface area contributed by atoms with Gasteiger partial charge in [-0.15, -0.1) is 0 Å². The van der Waals surface area contributed by atoms with Crippen LogP contribution in [-0.4, -0.2) is 30.0 Å². The SMILES string of the molecule is COC(=O)c1cc(N(Cc2ccccc2)C(=O)[C@@H](N)CC(C)C)c[nH]1. The number of esters is 1. The van der Waals surface area contributed by atoms with Crippen LogP contribution in [0, 0.1) is 5.92 Å². The molecule has 6 heteroatoms. The number of hydrogen-bond donors (Lipinski definition) is 2. The summed E-state index contributed by atoms with van der Waals surface area (Å²) in [5, 5.41) is 0. The number of aromatic amines is 1. The number of carbonyl (C=O) groups is 2. The third-order valence-electron chi connectivity index (χ3n) is 3.88. The number of nitrogens with one attached hydrogen (secondary N) is 1. The first-order chi connectivity index (χ1) is 11.9. The maximum absolute atomic E-state index is 12.9. The van der Waals surface area contributed by atoms with Gasteiger partial charge in [-0.2, -0.15) is 0 Å². The largest absolute Gasteiger partial charge is 0.464 e. The van der Waals surface area contributed by atoms with Crippen molar-refractivity contribution in [3.8, 4) is 0 Å². The van der Waals surface area contributed by atoms with Gasteiger partial charge >= 0.3 is 5.97 Å². The van der Waals surface area contributed by atoms with Crippen molar-refractivity contribution in [3.05, 3.63) is 53.9 Å². The standard InChI is InChI=1S/C19H25N3O3/c1-13(2)9-16(20)18(23)22(12-14-7-5-4-6-8-14)15-10-17(21-11-15)19(24)25-3/h4-8,10-11,13,16,21H,9,12,20H2,1-3H3/t16-/m0/s1. The normalized spacial score (nSPS) is 12.0. The van der Waals surface area contributed by atoms with Gasteiger partial charge in [0.25, 0.3) is 0 Å². The molecule has 1 aromatic carbocycles. The van der Waals surface area contributed by atoms with Crippen LogP contribution in [0.3, 0.4) is 0 Å². The second kappa shape index (κ2) is 8.48. The Bertz CT molecular complexity index is 710. The van der Waals surface area contributed by atoms with Crippen molar-refractivity contribution in [1.82, 2.24) is 4.98 Å². The first-order valence-electron chi connectivity index (χ1n) is 8.30. The number of methoxy groups -OCH3 is 1. The molecule has 1 atom stereocenters. The Hall–Kier alpha value is -2.60. The minimum absolute atomic E-state index is 0.173. The molecule has 0 bridgehead atoms. The zero-order valence-electron chi connectivity index (χ0n) is 14.9. The first-order valence-corrected chi connectivity index (χ1v) is 8.30. The number of amides is 1. The Morgan fingerprint density at radius 2 is 1.92 bits per heavy atom. The number of nitrogens with two attached hydrogens (primary N) is 1. The topological polar surface area (TPSA) is 88.4 Å². The fourth-order valence-corrected chi connectivity index (χ4v) is 2.64. The van der Waals surface area contributed by atoms with Crippen LogP contribution < -0.4 is 10.6 Å². The van der Waals surface area contributed by atoms with E-state index in [0.29, 0.717) is 30.3 Å². The Kier molecular flexibility index (Phi) is 6.36. The first kappa shape index (κ1) is 18.7. The predicted molar refractivity (Wildman–Crippen MR) is 97.2 cm³/mol. The van der Waals surface area contributed by atoms with Gasteiger partial charge in [0.15, 0.2) is 0 Å². The molecule has 0 saturated carbocycles. The van der Waals surface area contributed by atoms with E-state index in [9.17, 15) is 9.59 Å². The number of ether oxygens (including phenoxy) is 1. The highest BCUT2D eigenvalue weighted by atomic mass is 16.5. The molecule has 0 aliphatic rings. The van der Waals surface area contributed by atoms with Gasteiger partial charge in [0, 0.05) is 6.20 Å². The lowest BCUT2D eigenvalue weighted by Crippen LogP contribution is -2.44. The molecule has 2 rings (SSSR count). The summed E-state index contributed by atoms with van der Waals surface area (Å²) >= 11 is 0. The highest BCUT2D eigenvalue weighted by molar-refractivity contribution is 5.98. The van der Waals surface area contributed by atoms with E-state index in [1.54, 1.807) is 17.2 Å². The van der Waals surface area contributed by atoms with Crippen molar-refractivity contribution in [1.29, 1.82) is 0 Å². The van der Waals surface area contributed by atoms with Crippen LogP contribution >= 0.6 is 0 Å². The molecule has 0 spiro atoms. The highest BCUT2D eigenvalue weighted by Crippen LogP contribution is 2.21. The van der Waals surface area contributed by atoms with Crippen molar-refractivity contribution < 1.29 is 14.3 Å². The number of aromatic nitrogens is 1. The highest BCUT2D eigenvalue weighted by Gasteiger charge is 2.25. The van der Waals surface area contributed by atoms with Gasteiger partial charge in [-0.3, -0.25) is 4.79 Å². The molecule has 134 valence electrons. The van der Waals surface area contributed by atoms with Crippen LogP contribution in [-0.2, 0) is 16.1 Å². The van der Waals surface area contributed by atoms with Crippen LogP contribution in [0.4, 0.5) is 5.69 Å². The van der Waals surface area contributed by atoms with Gasteiger partial charge in [-0.05, 0) is 24.0 Å². The summed E-state index contributed by atoms with van der Waals surface area (Å²) in [5.74, 6) is -0.341. The lowest BCUT2D eigenvalue weighted by molar-refractivity contribution is -0.120. The zero-order chi connectivity index (χ0) is 18.4. The molecular formula is C19H25N3O3. The minimum Gasteiger partial charge on any atom is -0.464 e. The molecule has 0 unspecified atom stereocenters. The number of benzene rings is 1. The lowest BCUT2D eigenvalue weighted by Gasteiger charge is -2.25. The molecule has 0 aliphatic carbocycles. The van der Waals surface area contributed by atoms with Crippen LogP contribution in [0.25, 0.3) is 0 Å². The van der Waals surface area contributed by atoms with E-state index in [4.69, 9.17) is 10.5 Å². The molecule has 0 radical (unpaired) electrons. The average Bonchev–Trinajstić information content (AvgIpc) is 3.08. The molecule has 0 aliphatic heterocycles. The Morgan fingerprint density at radius 3 is 2.52 bits per heavy atom. The van der Waals surface area contributed by atoms with Gasteiger partial charge in [0.1, 0.15) is 5.69 Å². The quantitative estimate of drug-likeness (QED) is 0.757. The van der Waals surface area contributed by atoms with Crippen LogP contribution in [0.5, 0.6) is 0 Å². The smallest absolute Gasteiger partial charge is 0.354 e. The zero-order valence-corrected chi connectivity index (χ0v) is 14.9. The molecule has 0 saturated heterocycles. The van der Waals surface area contributed by atoms with E-state index in [1.807, 2.05) is 44.2 Å². The molecule has 3 N–H and O–H groups in total. The monoisotopic (exact) mass is 343 g/mol. The second-order valence-electron chi connectivity index (χ2n) is 6.41. The van der Waals surface area contributed by atoms with E-state index in [2.05, 4.69) is 4.98 Å².